The number of carbonyl (C=O) groups is 1. The molecule has 1 N–H and O–H groups in total. The lowest BCUT2D eigenvalue weighted by Crippen LogP contribution is -2.35. The van der Waals surface area contributed by atoms with E-state index < -0.39 is 0 Å². The Morgan fingerprint density at radius 1 is 1.03 bits per heavy atom. The normalized spacial score (nSPS) is 16.0. The Hall–Kier alpha value is -3.11. The smallest absolute Gasteiger partial charge is 0.257 e. The van der Waals surface area contributed by atoms with Crippen molar-refractivity contribution < 1.29 is 9.53 Å². The van der Waals surface area contributed by atoms with Gasteiger partial charge in [0.15, 0.2) is 6.61 Å². The first-order valence-electron chi connectivity index (χ1n) is 10.6. The fourth-order valence-electron chi connectivity index (χ4n) is 4.15. The van der Waals surface area contributed by atoms with Crippen LogP contribution in [0.2, 0.25) is 0 Å². The molecule has 1 atom stereocenters. The summed E-state index contributed by atoms with van der Waals surface area (Å²) >= 11 is 0. The van der Waals surface area contributed by atoms with Gasteiger partial charge < -0.3 is 10.1 Å². The molecule has 3 aromatic carbocycles. The number of carbonyl (C=O) groups excluding carboxylic acids is 1. The number of nitrogens with one attached hydrogen (secondary N) is 1. The van der Waals surface area contributed by atoms with Gasteiger partial charge in [-0.2, -0.15) is 0 Å². The first kappa shape index (κ1) is 20.2. The summed E-state index contributed by atoms with van der Waals surface area (Å²) in [7, 11) is 0. The minimum atomic E-state index is -0.0967. The molecule has 1 aliphatic rings. The van der Waals surface area contributed by atoms with Crippen LogP contribution in [0.15, 0.2) is 78.9 Å². The van der Waals surface area contributed by atoms with Gasteiger partial charge in [-0.05, 0) is 47.7 Å². The largest absolute Gasteiger partial charge is 0.484 e. The van der Waals surface area contributed by atoms with Gasteiger partial charge in [-0.1, -0.05) is 66.7 Å². The molecule has 1 unspecified atom stereocenters. The second-order valence-corrected chi connectivity index (χ2v) is 7.62. The molecule has 30 heavy (non-hydrogen) atoms. The van der Waals surface area contributed by atoms with Crippen LogP contribution in [0, 0.1) is 0 Å². The Morgan fingerprint density at radius 2 is 1.77 bits per heavy atom. The van der Waals surface area contributed by atoms with E-state index in [1.54, 1.807) is 0 Å². The van der Waals surface area contributed by atoms with Crippen molar-refractivity contribution in [2.45, 2.75) is 25.9 Å². The Morgan fingerprint density at radius 3 is 2.50 bits per heavy atom. The molecule has 1 aliphatic heterocycles. The number of hydrogen-bond acceptors (Lipinski definition) is 3. The van der Waals surface area contributed by atoms with E-state index in [0.717, 1.165) is 25.3 Å². The maximum atomic E-state index is 11.8. The van der Waals surface area contributed by atoms with Gasteiger partial charge in [-0.15, -0.1) is 0 Å². The highest BCUT2D eigenvalue weighted by molar-refractivity contribution is 5.77. The zero-order valence-corrected chi connectivity index (χ0v) is 17.4. The van der Waals surface area contributed by atoms with Crippen molar-refractivity contribution in [3.63, 3.8) is 0 Å². The number of fused-ring (bicyclic) bond motifs is 1. The van der Waals surface area contributed by atoms with Crippen LogP contribution >= 0.6 is 0 Å². The highest BCUT2D eigenvalue weighted by Gasteiger charge is 2.29. The topological polar surface area (TPSA) is 41.6 Å². The van der Waals surface area contributed by atoms with Gasteiger partial charge in [-0.3, -0.25) is 9.69 Å². The highest BCUT2D eigenvalue weighted by Crippen LogP contribution is 2.37. The first-order valence-corrected chi connectivity index (χ1v) is 10.6. The molecule has 3 aromatic rings. The van der Waals surface area contributed by atoms with Crippen molar-refractivity contribution in [2.75, 3.05) is 19.7 Å². The molecule has 0 spiro atoms. The molecule has 0 aliphatic carbocycles. The lowest BCUT2D eigenvalue weighted by atomic mass is 9.87. The number of hydrogen-bond donors (Lipinski definition) is 1. The zero-order chi connectivity index (χ0) is 20.8. The maximum absolute atomic E-state index is 11.8. The average Bonchev–Trinajstić information content (AvgIpc) is 2.79. The summed E-state index contributed by atoms with van der Waals surface area (Å²) in [6.45, 7) is 4.44. The van der Waals surface area contributed by atoms with Crippen LogP contribution in [0.1, 0.15) is 35.2 Å². The lowest BCUT2D eigenvalue weighted by molar-refractivity contribution is -0.122. The van der Waals surface area contributed by atoms with Gasteiger partial charge in [0.25, 0.3) is 5.91 Å². The van der Waals surface area contributed by atoms with Crippen LogP contribution in [0.4, 0.5) is 0 Å². The second kappa shape index (κ2) is 9.59. The van der Waals surface area contributed by atoms with Crippen LogP contribution < -0.4 is 10.1 Å². The van der Waals surface area contributed by atoms with Gasteiger partial charge in [0.2, 0.25) is 0 Å². The van der Waals surface area contributed by atoms with Gasteiger partial charge in [0.1, 0.15) is 5.75 Å². The van der Waals surface area contributed by atoms with Gasteiger partial charge in [0, 0.05) is 19.6 Å². The van der Waals surface area contributed by atoms with Crippen LogP contribution in [0.5, 0.6) is 5.75 Å². The van der Waals surface area contributed by atoms with Crippen molar-refractivity contribution in [2.24, 2.45) is 0 Å². The third kappa shape index (κ3) is 4.71. The second-order valence-electron chi connectivity index (χ2n) is 7.62. The van der Waals surface area contributed by atoms with E-state index in [9.17, 15) is 4.79 Å². The van der Waals surface area contributed by atoms with E-state index in [-0.39, 0.29) is 18.6 Å². The summed E-state index contributed by atoms with van der Waals surface area (Å²) in [5.41, 5.74) is 5.19. The van der Waals surface area contributed by atoms with Crippen LogP contribution in [0.3, 0.4) is 0 Å². The van der Waals surface area contributed by atoms with Crippen molar-refractivity contribution in [1.29, 1.82) is 0 Å². The quantitative estimate of drug-likeness (QED) is 0.641. The molecular formula is C26H28N2O2. The highest BCUT2D eigenvalue weighted by atomic mass is 16.5. The number of likely N-dealkylation sites (N-methyl/N-ethyl adjacent to an activating group) is 1. The molecule has 1 heterocycles. The first-order chi connectivity index (χ1) is 14.7. The summed E-state index contributed by atoms with van der Waals surface area (Å²) < 4.78 is 5.79. The van der Waals surface area contributed by atoms with Crippen molar-refractivity contribution >= 4 is 5.91 Å². The summed E-state index contributed by atoms with van der Waals surface area (Å²) in [6, 6.07) is 27.7. The van der Waals surface area contributed by atoms with Crippen LogP contribution in [-0.2, 0) is 17.8 Å². The van der Waals surface area contributed by atoms with Crippen molar-refractivity contribution in [3.8, 4) is 5.75 Å². The van der Waals surface area contributed by atoms with E-state index in [4.69, 9.17) is 4.74 Å². The van der Waals surface area contributed by atoms with Crippen LogP contribution in [0.25, 0.3) is 0 Å². The molecule has 0 bridgehead atoms. The minimum Gasteiger partial charge on any atom is -0.484 e. The molecule has 0 radical (unpaired) electrons. The molecule has 0 aromatic heterocycles. The molecule has 154 valence electrons. The molecule has 1 amide bonds. The number of rotatable bonds is 7. The number of amides is 1. The molecular weight excluding hydrogens is 372 g/mol. The number of benzene rings is 3. The molecule has 0 saturated heterocycles. The lowest BCUT2D eigenvalue weighted by Gasteiger charge is -2.38. The fourth-order valence-corrected chi connectivity index (χ4v) is 4.15. The van der Waals surface area contributed by atoms with E-state index in [1.807, 2.05) is 13.0 Å². The zero-order valence-electron chi connectivity index (χ0n) is 17.4. The Labute approximate surface area is 178 Å². The molecule has 0 fully saturated rings. The summed E-state index contributed by atoms with van der Waals surface area (Å²) in [4.78, 5) is 14.3. The van der Waals surface area contributed by atoms with Crippen LogP contribution in [-0.4, -0.2) is 30.5 Å². The van der Waals surface area contributed by atoms with E-state index >= 15 is 0 Å². The molecule has 4 nitrogen and oxygen atoms in total. The maximum Gasteiger partial charge on any atom is 0.257 e. The summed E-state index contributed by atoms with van der Waals surface area (Å²) in [5, 5.41) is 2.77. The molecule has 4 rings (SSSR count). The molecule has 0 saturated carbocycles. The van der Waals surface area contributed by atoms with E-state index in [0.29, 0.717) is 6.54 Å². The van der Waals surface area contributed by atoms with Crippen molar-refractivity contribution in [1.82, 2.24) is 10.2 Å². The molecule has 4 heteroatoms. The monoisotopic (exact) mass is 400 g/mol. The average molecular weight is 401 g/mol. The predicted molar refractivity (Wildman–Crippen MR) is 119 cm³/mol. The van der Waals surface area contributed by atoms with Gasteiger partial charge in [-0.25, -0.2) is 0 Å². The number of ether oxygens (including phenoxy) is 1. The minimum absolute atomic E-state index is 0.0381. The summed E-state index contributed by atoms with van der Waals surface area (Å²) in [6.07, 6.45) is 1.00. The predicted octanol–water partition coefficient (Wildman–Crippen LogP) is 4.35. The van der Waals surface area contributed by atoms with E-state index in [1.165, 1.54) is 22.3 Å². The third-order valence-corrected chi connectivity index (χ3v) is 5.53. The Bertz CT molecular complexity index is 973. The number of nitrogens with zero attached hydrogens (tertiary/aromatic N) is 1. The van der Waals surface area contributed by atoms with Gasteiger partial charge >= 0.3 is 0 Å². The summed E-state index contributed by atoms with van der Waals surface area (Å²) in [5.74, 6) is 0.642. The Balaban J connectivity index is 1.64. The van der Waals surface area contributed by atoms with Crippen molar-refractivity contribution in [3.05, 3.63) is 101 Å². The standard InChI is InChI=1S/C26H28N2O2/c1-2-27-25(29)19-30-23-14-13-21-15-16-28(18-20-9-5-3-6-10-20)26(24(21)17-23)22-11-7-4-8-12-22/h3-14,17,26H,2,15-16,18-19H2,1H3,(H,27,29). The van der Waals surface area contributed by atoms with E-state index in [2.05, 4.69) is 83.0 Å². The Kier molecular flexibility index (Phi) is 6.45. The van der Waals surface area contributed by atoms with Gasteiger partial charge in [0.05, 0.1) is 6.04 Å². The fraction of sp³-hybridized carbons (Fsp3) is 0.269. The SMILES string of the molecule is CCNC(=O)COc1ccc2c(c1)C(c1ccccc1)N(Cc1ccccc1)CC2. The third-order valence-electron chi connectivity index (χ3n) is 5.53.